The Morgan fingerprint density at radius 1 is 1.09 bits per heavy atom. The Balaban J connectivity index is 1.67. The molecule has 1 saturated heterocycles. The van der Waals surface area contributed by atoms with Crippen LogP contribution in [0.5, 0.6) is 11.5 Å². The largest absolute Gasteiger partial charge is 0.493 e. The molecule has 9 nitrogen and oxygen atoms in total. The highest BCUT2D eigenvalue weighted by atomic mass is 19.1. The number of carbonyl (C=O) groups excluding carboxylic acids is 2. The number of hydrazine groups is 1. The summed E-state index contributed by atoms with van der Waals surface area (Å²) in [6.45, 7) is -0.137. The summed E-state index contributed by atoms with van der Waals surface area (Å²) >= 11 is 0. The number of halogens is 1. The van der Waals surface area contributed by atoms with Crippen molar-refractivity contribution >= 4 is 29.3 Å². The zero-order valence-corrected chi connectivity index (χ0v) is 17.9. The van der Waals surface area contributed by atoms with E-state index in [0.29, 0.717) is 11.3 Å². The number of nitrogens with one attached hydrogen (secondary N) is 1. The van der Waals surface area contributed by atoms with E-state index in [0.717, 1.165) is 5.01 Å². The van der Waals surface area contributed by atoms with Gasteiger partial charge >= 0.3 is 5.69 Å². The molecule has 0 saturated carbocycles. The Morgan fingerprint density at radius 2 is 1.85 bits per heavy atom. The number of nitro benzene ring substituents is 1. The first kappa shape index (κ1) is 22.5. The first-order valence-electron chi connectivity index (χ1n) is 10.0. The van der Waals surface area contributed by atoms with Gasteiger partial charge in [0.05, 0.1) is 17.7 Å². The van der Waals surface area contributed by atoms with Crippen LogP contribution < -0.4 is 19.9 Å². The maximum Gasteiger partial charge on any atom is 0.315 e. The summed E-state index contributed by atoms with van der Waals surface area (Å²) in [5.41, 5.74) is 2.96. The van der Waals surface area contributed by atoms with E-state index >= 15 is 0 Å². The maximum atomic E-state index is 13.4. The van der Waals surface area contributed by atoms with Crippen LogP contribution in [-0.2, 0) is 16.2 Å². The smallest absolute Gasteiger partial charge is 0.315 e. The van der Waals surface area contributed by atoms with Crippen LogP contribution in [-0.4, -0.2) is 23.8 Å². The molecule has 1 N–H and O–H groups in total. The van der Waals surface area contributed by atoms with E-state index in [2.05, 4.69) is 5.43 Å². The molecule has 3 aromatic rings. The zero-order valence-electron chi connectivity index (χ0n) is 17.9. The monoisotopic (exact) mass is 463 g/mol. The lowest BCUT2D eigenvalue weighted by atomic mass is 10.1. The summed E-state index contributed by atoms with van der Waals surface area (Å²) in [7, 11) is 1.30. The van der Waals surface area contributed by atoms with Crippen molar-refractivity contribution in [1.29, 1.82) is 0 Å². The zero-order chi connectivity index (χ0) is 24.2. The van der Waals surface area contributed by atoms with Gasteiger partial charge in [0.15, 0.2) is 5.75 Å². The van der Waals surface area contributed by atoms with Crippen LogP contribution in [0.4, 0.5) is 15.8 Å². The minimum atomic E-state index is -0.668. The molecule has 2 amide bonds. The van der Waals surface area contributed by atoms with Gasteiger partial charge < -0.3 is 9.47 Å². The number of rotatable bonds is 7. The topological polar surface area (TPSA) is 111 Å². The third-order valence-electron chi connectivity index (χ3n) is 4.96. The molecule has 172 valence electrons. The molecule has 1 heterocycles. The molecule has 0 atom stereocenters. The fourth-order valence-corrected chi connectivity index (χ4v) is 3.39. The number of para-hydroxylation sites is 1. The summed E-state index contributed by atoms with van der Waals surface area (Å²) < 4.78 is 24.3. The fraction of sp³-hybridized carbons (Fsp3) is 0.0833. The van der Waals surface area contributed by atoms with Gasteiger partial charge in [0, 0.05) is 6.07 Å². The standard InChI is InChI=1S/C24H18FN3O6/c1-33-21-13-16(11-19-23(29)26-27(24(19)30)18-8-3-2-4-9-18)12-20(28(31)32)22(21)34-14-15-6-5-7-17(25)10-15/h2-13H,14H2,1H3,(H,26,29). The van der Waals surface area contributed by atoms with Gasteiger partial charge in [0.25, 0.3) is 11.8 Å². The van der Waals surface area contributed by atoms with Crippen molar-refractivity contribution in [3.05, 3.63) is 99.4 Å². The maximum absolute atomic E-state index is 13.4. The predicted molar refractivity (Wildman–Crippen MR) is 120 cm³/mol. The molecule has 3 aromatic carbocycles. The van der Waals surface area contributed by atoms with Gasteiger partial charge in [-0.3, -0.25) is 25.1 Å². The summed E-state index contributed by atoms with van der Waals surface area (Å²) in [5.74, 6) is -1.87. The van der Waals surface area contributed by atoms with E-state index in [-0.39, 0.29) is 29.2 Å². The Bertz CT molecular complexity index is 1310. The normalized spacial score (nSPS) is 14.3. The van der Waals surface area contributed by atoms with Crippen molar-refractivity contribution in [1.82, 2.24) is 5.43 Å². The van der Waals surface area contributed by atoms with Gasteiger partial charge in [-0.15, -0.1) is 0 Å². The summed E-state index contributed by atoms with van der Waals surface area (Å²) in [6, 6.07) is 16.7. The minimum Gasteiger partial charge on any atom is -0.493 e. The first-order valence-corrected chi connectivity index (χ1v) is 10.0. The number of ether oxygens (including phenoxy) is 2. The Hall–Kier alpha value is -4.73. The first-order chi connectivity index (χ1) is 16.4. The number of hydrogen-bond acceptors (Lipinski definition) is 6. The molecule has 0 radical (unpaired) electrons. The van der Waals surface area contributed by atoms with Crippen LogP contribution >= 0.6 is 0 Å². The van der Waals surface area contributed by atoms with Crippen molar-refractivity contribution in [2.75, 3.05) is 12.1 Å². The van der Waals surface area contributed by atoms with Crippen LogP contribution in [0.3, 0.4) is 0 Å². The highest BCUT2D eigenvalue weighted by Gasteiger charge is 2.34. The SMILES string of the molecule is COc1cc(C=C2C(=O)NN(c3ccccc3)C2=O)cc([N+](=O)[O-])c1OCc1cccc(F)c1. The number of nitrogens with zero attached hydrogens (tertiary/aromatic N) is 2. The molecule has 4 rings (SSSR count). The lowest BCUT2D eigenvalue weighted by Gasteiger charge is -2.14. The molecular weight excluding hydrogens is 445 g/mol. The van der Waals surface area contributed by atoms with Gasteiger partial charge in [0.2, 0.25) is 5.75 Å². The number of anilines is 1. The van der Waals surface area contributed by atoms with Crippen LogP contribution in [0.25, 0.3) is 6.08 Å². The molecule has 0 aliphatic carbocycles. The lowest BCUT2D eigenvalue weighted by Crippen LogP contribution is -2.35. The van der Waals surface area contributed by atoms with Crippen molar-refractivity contribution in [3.8, 4) is 11.5 Å². The molecule has 1 aliphatic rings. The number of methoxy groups -OCH3 is 1. The predicted octanol–water partition coefficient (Wildman–Crippen LogP) is 3.78. The molecule has 1 aliphatic heterocycles. The highest BCUT2D eigenvalue weighted by molar-refractivity contribution is 6.31. The molecule has 10 heteroatoms. The van der Waals surface area contributed by atoms with E-state index in [1.807, 2.05) is 0 Å². The molecule has 1 fully saturated rings. The van der Waals surface area contributed by atoms with Crippen LogP contribution in [0, 0.1) is 15.9 Å². The molecule has 0 spiro atoms. The molecule has 34 heavy (non-hydrogen) atoms. The summed E-state index contributed by atoms with van der Waals surface area (Å²) in [4.78, 5) is 36.3. The third-order valence-corrected chi connectivity index (χ3v) is 4.96. The van der Waals surface area contributed by atoms with Gasteiger partial charge in [-0.05, 0) is 47.5 Å². The van der Waals surface area contributed by atoms with Crippen LogP contribution in [0.1, 0.15) is 11.1 Å². The van der Waals surface area contributed by atoms with Gasteiger partial charge in [-0.2, -0.15) is 0 Å². The summed E-state index contributed by atoms with van der Waals surface area (Å²) in [5, 5.41) is 12.8. The number of benzene rings is 3. The van der Waals surface area contributed by atoms with E-state index in [1.165, 1.54) is 43.5 Å². The average molecular weight is 463 g/mol. The van der Waals surface area contributed by atoms with Gasteiger partial charge in [-0.1, -0.05) is 30.3 Å². The Kier molecular flexibility index (Phi) is 6.22. The van der Waals surface area contributed by atoms with Crippen molar-refractivity contribution in [3.63, 3.8) is 0 Å². The Morgan fingerprint density at radius 3 is 2.53 bits per heavy atom. The average Bonchev–Trinajstić information content (AvgIpc) is 3.11. The molecular formula is C24H18FN3O6. The Labute approximate surface area is 193 Å². The van der Waals surface area contributed by atoms with E-state index < -0.39 is 28.2 Å². The second kappa shape index (κ2) is 9.41. The van der Waals surface area contributed by atoms with Crippen molar-refractivity contribution in [2.24, 2.45) is 0 Å². The van der Waals surface area contributed by atoms with Crippen molar-refractivity contribution in [2.45, 2.75) is 6.61 Å². The molecule has 0 unspecified atom stereocenters. The minimum absolute atomic E-state index is 0.0169. The molecule has 0 aromatic heterocycles. The number of hydrogen-bond donors (Lipinski definition) is 1. The van der Waals surface area contributed by atoms with E-state index in [1.54, 1.807) is 36.4 Å². The lowest BCUT2D eigenvalue weighted by molar-refractivity contribution is -0.386. The van der Waals surface area contributed by atoms with Crippen LogP contribution in [0.2, 0.25) is 0 Å². The highest BCUT2D eigenvalue weighted by Crippen LogP contribution is 2.39. The van der Waals surface area contributed by atoms with Gasteiger partial charge in [0.1, 0.15) is 18.0 Å². The van der Waals surface area contributed by atoms with Crippen molar-refractivity contribution < 1.29 is 28.4 Å². The second-order valence-corrected chi connectivity index (χ2v) is 7.22. The quantitative estimate of drug-likeness (QED) is 0.247. The van der Waals surface area contributed by atoms with Crippen LogP contribution in [0.15, 0.2) is 72.3 Å². The third kappa shape index (κ3) is 4.56. The van der Waals surface area contributed by atoms with E-state index in [4.69, 9.17) is 9.47 Å². The summed E-state index contributed by atoms with van der Waals surface area (Å²) in [6.07, 6.45) is 1.24. The fourth-order valence-electron chi connectivity index (χ4n) is 3.39. The number of carbonyl (C=O) groups is 2. The molecule has 0 bridgehead atoms. The van der Waals surface area contributed by atoms with Gasteiger partial charge in [-0.25, -0.2) is 9.40 Å². The second-order valence-electron chi connectivity index (χ2n) is 7.22. The number of amides is 2. The number of nitro groups is 1. The van der Waals surface area contributed by atoms with E-state index in [9.17, 15) is 24.1 Å².